The van der Waals surface area contributed by atoms with Crippen molar-refractivity contribution in [2.24, 2.45) is 4.99 Å². The highest BCUT2D eigenvalue weighted by Crippen LogP contribution is 2.24. The number of amides is 1. The molecule has 1 heterocycles. The molecule has 0 aliphatic carbocycles. The first-order valence-corrected chi connectivity index (χ1v) is 13.1. The van der Waals surface area contributed by atoms with E-state index >= 15 is 0 Å². The number of rotatable bonds is 10. The van der Waals surface area contributed by atoms with Gasteiger partial charge in [-0.15, -0.1) is 0 Å². The highest BCUT2D eigenvalue weighted by Gasteiger charge is 2.18. The molecule has 3 rings (SSSR count). The maximum absolute atomic E-state index is 12.6. The number of carbonyl (C=O) groups is 2. The zero-order chi connectivity index (χ0) is 24.7. The van der Waals surface area contributed by atoms with Gasteiger partial charge in [0.2, 0.25) is 5.91 Å². The van der Waals surface area contributed by atoms with Gasteiger partial charge in [0.15, 0.2) is 14.6 Å². The van der Waals surface area contributed by atoms with E-state index in [0.29, 0.717) is 23.6 Å². The summed E-state index contributed by atoms with van der Waals surface area (Å²) in [5.74, 6) is -0.270. The Kier molecular flexibility index (Phi) is 8.46. The standard InChI is InChI=1S/C23H26N2O7S2/c1-4-31-17-8-11-19-20(14-17)33-23(25(19)15-22(27)32-5-2)24-21(26)12-13-34(28,29)18-9-6-16(30-3)7-10-18/h6-11,14H,4-5,12-13,15H2,1-3H3. The number of hydrogen-bond donors (Lipinski definition) is 0. The molecule has 1 amide bonds. The Labute approximate surface area is 201 Å². The fourth-order valence-electron chi connectivity index (χ4n) is 3.17. The molecule has 1 aromatic heterocycles. The van der Waals surface area contributed by atoms with Crippen LogP contribution in [0.4, 0.5) is 0 Å². The highest BCUT2D eigenvalue weighted by atomic mass is 32.2. The first-order chi connectivity index (χ1) is 16.3. The SMILES string of the molecule is CCOC(=O)Cn1c(=NC(=O)CCS(=O)(=O)c2ccc(OC)cc2)sc2cc(OCC)ccc21. The number of sulfone groups is 1. The van der Waals surface area contributed by atoms with Crippen LogP contribution in [0.2, 0.25) is 0 Å². The van der Waals surface area contributed by atoms with Crippen molar-refractivity contribution in [3.05, 3.63) is 47.3 Å². The first-order valence-electron chi connectivity index (χ1n) is 10.6. The Bertz CT molecular complexity index is 1340. The molecule has 9 nitrogen and oxygen atoms in total. The molecule has 0 aliphatic rings. The molecule has 0 saturated carbocycles. The average molecular weight is 507 g/mol. The van der Waals surface area contributed by atoms with Gasteiger partial charge in [0.1, 0.15) is 18.0 Å². The van der Waals surface area contributed by atoms with Gasteiger partial charge in [0.25, 0.3) is 0 Å². The smallest absolute Gasteiger partial charge is 0.326 e. The van der Waals surface area contributed by atoms with E-state index in [1.54, 1.807) is 35.8 Å². The maximum Gasteiger partial charge on any atom is 0.326 e. The number of esters is 1. The number of fused-ring (bicyclic) bond motifs is 1. The Morgan fingerprint density at radius 3 is 2.38 bits per heavy atom. The largest absolute Gasteiger partial charge is 0.497 e. The van der Waals surface area contributed by atoms with Crippen LogP contribution in [-0.4, -0.2) is 50.9 Å². The predicted molar refractivity (Wildman–Crippen MR) is 128 cm³/mol. The fraction of sp³-hybridized carbons (Fsp3) is 0.348. The van der Waals surface area contributed by atoms with Gasteiger partial charge in [-0.3, -0.25) is 9.59 Å². The maximum atomic E-state index is 12.6. The lowest BCUT2D eigenvalue weighted by Crippen LogP contribution is -2.23. The molecule has 11 heteroatoms. The minimum absolute atomic E-state index is 0.101. The molecule has 0 spiro atoms. The van der Waals surface area contributed by atoms with E-state index in [9.17, 15) is 18.0 Å². The molecule has 0 radical (unpaired) electrons. The van der Waals surface area contributed by atoms with E-state index in [2.05, 4.69) is 4.99 Å². The number of ether oxygens (including phenoxy) is 3. The van der Waals surface area contributed by atoms with Crippen molar-refractivity contribution in [3.63, 3.8) is 0 Å². The van der Waals surface area contributed by atoms with Gasteiger partial charge in [0, 0.05) is 6.42 Å². The Balaban J connectivity index is 1.87. The van der Waals surface area contributed by atoms with Crippen molar-refractivity contribution in [3.8, 4) is 11.5 Å². The van der Waals surface area contributed by atoms with E-state index in [4.69, 9.17) is 14.2 Å². The second-order valence-electron chi connectivity index (χ2n) is 7.09. The lowest BCUT2D eigenvalue weighted by atomic mass is 10.3. The van der Waals surface area contributed by atoms with Crippen LogP contribution < -0.4 is 14.3 Å². The van der Waals surface area contributed by atoms with Crippen LogP contribution in [0.1, 0.15) is 20.3 Å². The summed E-state index contributed by atoms with van der Waals surface area (Å²) in [6.07, 6.45) is -0.299. The summed E-state index contributed by atoms with van der Waals surface area (Å²) in [5.41, 5.74) is 0.693. The third-order valence-electron chi connectivity index (χ3n) is 4.78. The topological polar surface area (TPSA) is 113 Å². The van der Waals surface area contributed by atoms with Crippen LogP contribution in [-0.2, 0) is 30.7 Å². The van der Waals surface area contributed by atoms with Crippen LogP contribution >= 0.6 is 11.3 Å². The predicted octanol–water partition coefficient (Wildman–Crippen LogP) is 2.96. The minimum atomic E-state index is -3.68. The van der Waals surface area contributed by atoms with Gasteiger partial charge in [-0.25, -0.2) is 8.42 Å². The monoisotopic (exact) mass is 506 g/mol. The summed E-state index contributed by atoms with van der Waals surface area (Å²) >= 11 is 1.21. The van der Waals surface area contributed by atoms with Gasteiger partial charge < -0.3 is 18.8 Å². The molecule has 0 aliphatic heterocycles. The van der Waals surface area contributed by atoms with Crippen molar-refractivity contribution in [1.82, 2.24) is 4.57 Å². The zero-order valence-electron chi connectivity index (χ0n) is 19.1. The van der Waals surface area contributed by atoms with Gasteiger partial charge in [-0.1, -0.05) is 11.3 Å². The molecule has 34 heavy (non-hydrogen) atoms. The lowest BCUT2D eigenvalue weighted by Gasteiger charge is -2.06. The van der Waals surface area contributed by atoms with Crippen molar-refractivity contribution >= 4 is 43.3 Å². The molecule has 0 unspecified atom stereocenters. The Hall–Kier alpha value is -3.18. The molecule has 0 atom stereocenters. The summed E-state index contributed by atoms with van der Waals surface area (Å²) in [4.78, 5) is 29.2. The average Bonchev–Trinajstić information content (AvgIpc) is 3.14. The molecular weight excluding hydrogens is 480 g/mol. The zero-order valence-corrected chi connectivity index (χ0v) is 20.8. The summed E-state index contributed by atoms with van der Waals surface area (Å²) < 4.78 is 43.2. The highest BCUT2D eigenvalue weighted by molar-refractivity contribution is 7.91. The fourth-order valence-corrected chi connectivity index (χ4v) is 5.47. The first kappa shape index (κ1) is 25.4. The molecule has 0 fully saturated rings. The number of nitrogens with zero attached hydrogens (tertiary/aromatic N) is 2. The quantitative estimate of drug-likeness (QED) is 0.389. The molecule has 182 valence electrons. The molecule has 0 N–H and O–H groups in total. The summed E-state index contributed by atoms with van der Waals surface area (Å²) in [6.45, 7) is 4.18. The van der Waals surface area contributed by atoms with Crippen molar-refractivity contribution in [1.29, 1.82) is 0 Å². The van der Waals surface area contributed by atoms with Gasteiger partial charge in [-0.05, 0) is 56.3 Å². The van der Waals surface area contributed by atoms with Crippen molar-refractivity contribution in [2.45, 2.75) is 31.7 Å². The van der Waals surface area contributed by atoms with Crippen LogP contribution in [0.25, 0.3) is 10.2 Å². The Morgan fingerprint density at radius 2 is 1.74 bits per heavy atom. The third-order valence-corrected chi connectivity index (χ3v) is 7.55. The minimum Gasteiger partial charge on any atom is -0.497 e. The van der Waals surface area contributed by atoms with E-state index < -0.39 is 21.7 Å². The van der Waals surface area contributed by atoms with Crippen LogP contribution in [0.3, 0.4) is 0 Å². The summed E-state index contributed by atoms with van der Waals surface area (Å²) in [6, 6.07) is 11.3. The summed E-state index contributed by atoms with van der Waals surface area (Å²) in [7, 11) is -2.19. The Morgan fingerprint density at radius 1 is 1.03 bits per heavy atom. The summed E-state index contributed by atoms with van der Waals surface area (Å²) in [5, 5.41) is 0. The number of hydrogen-bond acceptors (Lipinski definition) is 8. The van der Waals surface area contributed by atoms with Crippen LogP contribution in [0.5, 0.6) is 11.5 Å². The van der Waals surface area contributed by atoms with E-state index in [-0.39, 0.29) is 35.0 Å². The van der Waals surface area contributed by atoms with Gasteiger partial charge >= 0.3 is 5.97 Å². The number of methoxy groups -OCH3 is 1. The number of aromatic nitrogens is 1. The van der Waals surface area contributed by atoms with Crippen LogP contribution in [0.15, 0.2) is 52.4 Å². The lowest BCUT2D eigenvalue weighted by molar-refractivity contribution is -0.143. The number of carbonyl (C=O) groups excluding carboxylic acids is 2. The van der Waals surface area contributed by atoms with Crippen LogP contribution in [0, 0.1) is 0 Å². The molecule has 0 saturated heterocycles. The molecule has 2 aromatic carbocycles. The van der Waals surface area contributed by atoms with E-state index in [1.807, 2.05) is 13.0 Å². The number of benzene rings is 2. The van der Waals surface area contributed by atoms with Gasteiger partial charge in [0.05, 0.1) is 41.2 Å². The third kappa shape index (κ3) is 6.23. The van der Waals surface area contributed by atoms with Crippen molar-refractivity contribution in [2.75, 3.05) is 26.1 Å². The second-order valence-corrected chi connectivity index (χ2v) is 10.2. The normalized spacial score (nSPS) is 12.0. The van der Waals surface area contributed by atoms with E-state index in [0.717, 1.165) is 4.70 Å². The molecular formula is C23H26N2O7S2. The molecule has 0 bridgehead atoms. The number of thiazole rings is 1. The van der Waals surface area contributed by atoms with Gasteiger partial charge in [-0.2, -0.15) is 4.99 Å². The van der Waals surface area contributed by atoms with E-state index in [1.165, 1.54) is 30.6 Å². The second kappa shape index (κ2) is 11.3. The molecule has 3 aromatic rings. The van der Waals surface area contributed by atoms with Crippen molar-refractivity contribution < 1.29 is 32.2 Å².